The number of nitrogens with zero attached hydrogens (tertiary/aromatic N) is 6. The molecule has 8 nitrogen and oxygen atoms in total. The van der Waals surface area contributed by atoms with Gasteiger partial charge in [-0.1, -0.05) is 0 Å². The molecule has 170 valence electrons. The maximum absolute atomic E-state index is 10.6. The molecule has 0 saturated carbocycles. The van der Waals surface area contributed by atoms with Crippen molar-refractivity contribution in [2.45, 2.75) is 63.1 Å². The molecule has 2 aromatic heterocycles. The van der Waals surface area contributed by atoms with Crippen molar-refractivity contribution < 1.29 is 5.11 Å². The summed E-state index contributed by atoms with van der Waals surface area (Å²) in [5.74, 6) is 0.941. The molecule has 3 aromatic rings. The van der Waals surface area contributed by atoms with Crippen LogP contribution < -0.4 is 10.2 Å². The molecule has 0 amide bonds. The smallest absolute Gasteiger partial charge is 0.158 e. The van der Waals surface area contributed by atoms with Gasteiger partial charge in [-0.05, 0) is 70.2 Å². The van der Waals surface area contributed by atoms with E-state index in [2.05, 4.69) is 46.3 Å². The van der Waals surface area contributed by atoms with Gasteiger partial charge in [-0.25, -0.2) is 4.98 Å². The quantitative estimate of drug-likeness (QED) is 0.632. The highest BCUT2D eigenvalue weighted by Crippen LogP contribution is 2.42. The van der Waals surface area contributed by atoms with Crippen LogP contribution >= 0.6 is 0 Å². The average Bonchev–Trinajstić information content (AvgIpc) is 3.27. The minimum Gasteiger partial charge on any atom is -0.507 e. The van der Waals surface area contributed by atoms with Gasteiger partial charge < -0.3 is 19.9 Å². The normalized spacial score (nSPS) is 26.5. The maximum Gasteiger partial charge on any atom is 0.158 e. The Balaban J connectivity index is 1.35. The molecule has 0 spiro atoms. The fourth-order valence-electron chi connectivity index (χ4n) is 5.68. The van der Waals surface area contributed by atoms with Crippen molar-refractivity contribution in [2.24, 2.45) is 0 Å². The van der Waals surface area contributed by atoms with E-state index in [1.807, 2.05) is 24.3 Å². The van der Waals surface area contributed by atoms with Crippen molar-refractivity contribution in [1.29, 1.82) is 5.26 Å². The first kappa shape index (κ1) is 21.4. The van der Waals surface area contributed by atoms with Crippen LogP contribution in [0.3, 0.4) is 0 Å². The van der Waals surface area contributed by atoms with Crippen LogP contribution in [0.25, 0.3) is 16.9 Å². The van der Waals surface area contributed by atoms with Gasteiger partial charge in [0, 0.05) is 42.0 Å². The molecule has 0 radical (unpaired) electrons. The van der Waals surface area contributed by atoms with Gasteiger partial charge in [0.25, 0.3) is 0 Å². The van der Waals surface area contributed by atoms with E-state index in [0.717, 1.165) is 18.7 Å². The van der Waals surface area contributed by atoms with Gasteiger partial charge >= 0.3 is 0 Å². The predicted molar refractivity (Wildman–Crippen MR) is 126 cm³/mol. The zero-order valence-electron chi connectivity index (χ0n) is 19.3. The van der Waals surface area contributed by atoms with Crippen molar-refractivity contribution in [3.8, 4) is 28.8 Å². The minimum absolute atomic E-state index is 0.0992. The van der Waals surface area contributed by atoms with Crippen molar-refractivity contribution in [3.63, 3.8) is 0 Å². The lowest BCUT2D eigenvalue weighted by atomic mass is 9.69. The van der Waals surface area contributed by atoms with E-state index in [1.54, 1.807) is 29.2 Å². The fourth-order valence-corrected chi connectivity index (χ4v) is 5.68. The largest absolute Gasteiger partial charge is 0.507 e. The van der Waals surface area contributed by atoms with Crippen LogP contribution in [0.4, 0.5) is 5.82 Å². The highest BCUT2D eigenvalue weighted by molar-refractivity contribution is 5.69. The van der Waals surface area contributed by atoms with Gasteiger partial charge in [-0.2, -0.15) is 5.26 Å². The number of aromatic nitrogens is 4. The number of imidazole rings is 1. The van der Waals surface area contributed by atoms with E-state index in [9.17, 15) is 5.11 Å². The molecule has 2 aliphatic rings. The molecule has 8 heteroatoms. The molecule has 4 heterocycles. The summed E-state index contributed by atoms with van der Waals surface area (Å²) in [5.41, 5.74) is 2.61. The third-order valence-corrected chi connectivity index (χ3v) is 7.25. The van der Waals surface area contributed by atoms with E-state index in [0.29, 0.717) is 28.7 Å². The molecule has 1 aromatic carbocycles. The first-order chi connectivity index (χ1) is 15.8. The van der Waals surface area contributed by atoms with E-state index in [1.165, 1.54) is 19.3 Å². The van der Waals surface area contributed by atoms with Gasteiger partial charge in [0.1, 0.15) is 18.1 Å². The number of benzene rings is 1. The number of piperidine rings is 2. The summed E-state index contributed by atoms with van der Waals surface area (Å²) in [5, 5.41) is 32.4. The number of aromatic hydroxyl groups is 1. The second-order valence-electron chi connectivity index (χ2n) is 10.0. The molecule has 2 N–H and O–H groups in total. The lowest BCUT2D eigenvalue weighted by Crippen LogP contribution is -2.66. The zero-order chi connectivity index (χ0) is 23.2. The van der Waals surface area contributed by atoms with Gasteiger partial charge in [0.15, 0.2) is 11.5 Å². The Morgan fingerprint density at radius 3 is 2.52 bits per heavy atom. The molecular weight excluding hydrogens is 414 g/mol. The third-order valence-electron chi connectivity index (χ3n) is 7.25. The Morgan fingerprint density at radius 2 is 1.91 bits per heavy atom. The Hall–Kier alpha value is -3.44. The van der Waals surface area contributed by atoms with Crippen LogP contribution in [0.5, 0.6) is 5.75 Å². The highest BCUT2D eigenvalue weighted by atomic mass is 16.3. The molecule has 2 bridgehead atoms. The second kappa shape index (κ2) is 7.85. The molecular formula is C25H29N7O. The van der Waals surface area contributed by atoms with E-state index < -0.39 is 0 Å². The van der Waals surface area contributed by atoms with Gasteiger partial charge in [-0.3, -0.25) is 0 Å². The Kier molecular flexibility index (Phi) is 5.09. The Morgan fingerprint density at radius 1 is 1.15 bits per heavy atom. The second-order valence-corrected chi connectivity index (χ2v) is 10.0. The van der Waals surface area contributed by atoms with E-state index >= 15 is 0 Å². The van der Waals surface area contributed by atoms with Crippen LogP contribution in [0, 0.1) is 11.3 Å². The summed E-state index contributed by atoms with van der Waals surface area (Å²) >= 11 is 0. The molecule has 2 fully saturated rings. The molecule has 0 unspecified atom stereocenters. The Bertz CT molecular complexity index is 1200. The zero-order valence-corrected chi connectivity index (χ0v) is 19.3. The number of anilines is 1. The van der Waals surface area contributed by atoms with Crippen molar-refractivity contribution >= 4 is 5.82 Å². The summed E-state index contributed by atoms with van der Waals surface area (Å²) in [6.45, 7) is 4.69. The van der Waals surface area contributed by atoms with E-state index in [4.69, 9.17) is 5.26 Å². The average molecular weight is 444 g/mol. The molecule has 2 saturated heterocycles. The monoisotopic (exact) mass is 443 g/mol. The molecule has 0 aliphatic carbocycles. The van der Waals surface area contributed by atoms with Crippen LogP contribution in [0.1, 0.15) is 51.6 Å². The van der Waals surface area contributed by atoms with Crippen LogP contribution in [-0.2, 0) is 0 Å². The minimum atomic E-state index is 0.0992. The number of hydrogen-bond acceptors (Lipinski definition) is 7. The summed E-state index contributed by atoms with van der Waals surface area (Å²) < 4.78 is 1.70. The number of phenols is 1. The number of nitrogens with one attached hydrogen (secondary N) is 1. The number of rotatable bonds is 4. The number of fused-ring (bicyclic) bond motifs is 2. The molecule has 2 aliphatic heterocycles. The van der Waals surface area contributed by atoms with Crippen LogP contribution in [-0.4, -0.2) is 49.0 Å². The lowest BCUT2D eigenvalue weighted by Gasteiger charge is -2.55. The standard InChI is InChI=1S/C25H29N7O/c1-24-9-4-10-25(2,30-24)13-19(12-24)31(3)23-8-7-21(28-29-23)20-6-5-18(11-22(20)33)32-15-17(14-26)27-16-32/h5-8,11,15-16,19,30,33H,4,9-10,12-13H2,1-3H3/t19-,24-,25+. The first-order valence-corrected chi connectivity index (χ1v) is 11.4. The topological polar surface area (TPSA) is 103 Å². The van der Waals surface area contributed by atoms with E-state index in [-0.39, 0.29) is 16.8 Å². The van der Waals surface area contributed by atoms with Gasteiger partial charge in [0.05, 0.1) is 11.4 Å². The third kappa shape index (κ3) is 4.05. The van der Waals surface area contributed by atoms with Crippen LogP contribution in [0.2, 0.25) is 0 Å². The van der Waals surface area contributed by atoms with Gasteiger partial charge in [0.2, 0.25) is 0 Å². The summed E-state index contributed by atoms with van der Waals surface area (Å²) in [7, 11) is 2.11. The lowest BCUT2D eigenvalue weighted by molar-refractivity contribution is 0.0784. The SMILES string of the molecule is CN(c1ccc(-c2ccc(-n3cnc(C#N)c3)cc2O)nn1)[C@H]1C[C@]2(C)CCC[C@](C)(C1)N2. The molecule has 5 rings (SSSR count). The van der Waals surface area contributed by atoms with Crippen molar-refractivity contribution in [1.82, 2.24) is 25.1 Å². The van der Waals surface area contributed by atoms with Crippen LogP contribution in [0.15, 0.2) is 42.9 Å². The number of hydrogen-bond donors (Lipinski definition) is 2. The van der Waals surface area contributed by atoms with Crippen molar-refractivity contribution in [2.75, 3.05) is 11.9 Å². The Labute approximate surface area is 193 Å². The summed E-state index contributed by atoms with van der Waals surface area (Å²) in [6.07, 6.45) is 9.06. The summed E-state index contributed by atoms with van der Waals surface area (Å²) in [6, 6.07) is 11.6. The molecule has 3 atom stereocenters. The fraction of sp³-hybridized carbons (Fsp3) is 0.440. The maximum atomic E-state index is 10.6. The first-order valence-electron chi connectivity index (χ1n) is 11.4. The predicted octanol–water partition coefficient (Wildman–Crippen LogP) is 3.80. The van der Waals surface area contributed by atoms with Crippen molar-refractivity contribution in [3.05, 3.63) is 48.5 Å². The number of nitriles is 1. The van der Waals surface area contributed by atoms with Gasteiger partial charge in [-0.15, -0.1) is 10.2 Å². The highest BCUT2D eigenvalue weighted by Gasteiger charge is 2.46. The summed E-state index contributed by atoms with van der Waals surface area (Å²) in [4.78, 5) is 6.26. The number of phenolic OH excluding ortho intramolecular Hbond substituents is 1. The molecule has 33 heavy (non-hydrogen) atoms.